The minimum atomic E-state index is -0.561. The fourth-order valence-corrected chi connectivity index (χ4v) is 1.45. The van der Waals surface area contributed by atoms with Gasteiger partial charge in [-0.1, -0.05) is 44.2 Å². The van der Waals surface area contributed by atoms with E-state index in [-0.39, 0.29) is 19.6 Å². The molecule has 5 heteroatoms. The number of carbonyl (C=O) groups is 2. The Hall–Kier alpha value is -1.49. The van der Waals surface area contributed by atoms with E-state index in [0.717, 1.165) is 5.56 Å². The fourth-order valence-electron chi connectivity index (χ4n) is 1.32. The van der Waals surface area contributed by atoms with Gasteiger partial charge in [-0.25, -0.2) is 4.79 Å². The molecule has 0 bridgehead atoms. The summed E-state index contributed by atoms with van der Waals surface area (Å²) in [6, 6.07) is 9.30. The van der Waals surface area contributed by atoms with E-state index < -0.39 is 16.7 Å². The summed E-state index contributed by atoms with van der Waals surface area (Å²) in [4.78, 5) is 22.7. The van der Waals surface area contributed by atoms with Gasteiger partial charge >= 0.3 is 11.9 Å². The summed E-state index contributed by atoms with van der Waals surface area (Å²) in [5.41, 5.74) is 0.888. The molecule has 0 saturated heterocycles. The van der Waals surface area contributed by atoms with Gasteiger partial charge in [-0.15, -0.1) is 0 Å². The first-order chi connectivity index (χ1) is 8.87. The Morgan fingerprint density at radius 3 is 2.32 bits per heavy atom. The predicted octanol–water partition coefficient (Wildman–Crippen LogP) is 2.37. The maximum absolute atomic E-state index is 11.4. The molecule has 0 aromatic heterocycles. The molecule has 0 aliphatic rings. The summed E-state index contributed by atoms with van der Waals surface area (Å²) in [5, 5.41) is 0. The SMILES string of the molecule is CC(C)(S)CC(=O)OCC(=O)OCc1ccccc1. The van der Waals surface area contributed by atoms with Crippen LogP contribution in [0.3, 0.4) is 0 Å². The van der Waals surface area contributed by atoms with Crippen LogP contribution in [0.1, 0.15) is 25.8 Å². The van der Waals surface area contributed by atoms with Gasteiger partial charge in [0.1, 0.15) is 6.61 Å². The third-order valence-corrected chi connectivity index (χ3v) is 2.33. The molecule has 0 aliphatic carbocycles. The molecule has 0 amide bonds. The van der Waals surface area contributed by atoms with Crippen LogP contribution in [-0.2, 0) is 25.7 Å². The number of hydrogen-bond donors (Lipinski definition) is 1. The third-order valence-electron chi connectivity index (χ3n) is 2.17. The zero-order valence-corrected chi connectivity index (χ0v) is 12.0. The maximum Gasteiger partial charge on any atom is 0.344 e. The van der Waals surface area contributed by atoms with E-state index in [1.54, 1.807) is 13.8 Å². The van der Waals surface area contributed by atoms with E-state index in [2.05, 4.69) is 12.6 Å². The number of hydrogen-bond acceptors (Lipinski definition) is 5. The smallest absolute Gasteiger partial charge is 0.344 e. The van der Waals surface area contributed by atoms with Crippen molar-refractivity contribution in [2.75, 3.05) is 6.61 Å². The Kier molecular flexibility index (Phi) is 5.89. The van der Waals surface area contributed by atoms with Crippen LogP contribution in [0.25, 0.3) is 0 Å². The standard InChI is InChI=1S/C14H18O4S/c1-14(2,19)8-12(15)18-10-13(16)17-9-11-6-4-3-5-7-11/h3-7,19H,8-10H2,1-2H3. The molecule has 4 nitrogen and oxygen atoms in total. The second kappa shape index (κ2) is 7.19. The summed E-state index contributed by atoms with van der Waals surface area (Å²) in [5.74, 6) is -1.02. The van der Waals surface area contributed by atoms with Gasteiger partial charge in [0.25, 0.3) is 0 Å². The highest BCUT2D eigenvalue weighted by Gasteiger charge is 2.19. The molecule has 0 aliphatic heterocycles. The van der Waals surface area contributed by atoms with Crippen LogP contribution in [0, 0.1) is 0 Å². The Labute approximate surface area is 118 Å². The number of rotatable bonds is 6. The first-order valence-electron chi connectivity index (χ1n) is 5.94. The van der Waals surface area contributed by atoms with Crippen LogP contribution < -0.4 is 0 Å². The molecule has 1 rings (SSSR count). The molecule has 19 heavy (non-hydrogen) atoms. The quantitative estimate of drug-likeness (QED) is 0.643. The molecule has 1 aromatic carbocycles. The zero-order chi connectivity index (χ0) is 14.3. The molecular formula is C14H18O4S. The van der Waals surface area contributed by atoms with Gasteiger partial charge in [-0.3, -0.25) is 4.79 Å². The van der Waals surface area contributed by atoms with Gasteiger partial charge in [-0.2, -0.15) is 12.6 Å². The Morgan fingerprint density at radius 2 is 1.74 bits per heavy atom. The number of ether oxygens (including phenoxy) is 2. The van der Waals surface area contributed by atoms with Crippen LogP contribution >= 0.6 is 12.6 Å². The Balaban J connectivity index is 2.23. The number of carbonyl (C=O) groups excluding carboxylic acids is 2. The lowest BCUT2D eigenvalue weighted by Gasteiger charge is -2.15. The summed E-state index contributed by atoms with van der Waals surface area (Å²) in [7, 11) is 0. The summed E-state index contributed by atoms with van der Waals surface area (Å²) >= 11 is 4.21. The molecule has 0 heterocycles. The van der Waals surface area contributed by atoms with Crippen molar-refractivity contribution in [1.29, 1.82) is 0 Å². The molecule has 0 atom stereocenters. The monoisotopic (exact) mass is 282 g/mol. The molecular weight excluding hydrogens is 264 g/mol. The molecule has 0 spiro atoms. The zero-order valence-electron chi connectivity index (χ0n) is 11.1. The van der Waals surface area contributed by atoms with Crippen LogP contribution in [0.4, 0.5) is 0 Å². The van der Waals surface area contributed by atoms with Crippen molar-refractivity contribution >= 4 is 24.6 Å². The highest BCUT2D eigenvalue weighted by molar-refractivity contribution is 7.81. The van der Waals surface area contributed by atoms with Crippen molar-refractivity contribution in [3.8, 4) is 0 Å². The molecule has 0 unspecified atom stereocenters. The van der Waals surface area contributed by atoms with Gasteiger partial charge in [0.2, 0.25) is 0 Å². The molecule has 0 N–H and O–H groups in total. The first kappa shape index (κ1) is 15.6. The van der Waals surface area contributed by atoms with E-state index in [1.165, 1.54) is 0 Å². The highest BCUT2D eigenvalue weighted by Crippen LogP contribution is 2.17. The topological polar surface area (TPSA) is 52.6 Å². The second-order valence-corrected chi connectivity index (χ2v) is 6.01. The number of benzene rings is 1. The van der Waals surface area contributed by atoms with E-state index in [0.29, 0.717) is 0 Å². The van der Waals surface area contributed by atoms with Crippen LogP contribution in [-0.4, -0.2) is 23.3 Å². The van der Waals surface area contributed by atoms with Crippen molar-refractivity contribution in [3.63, 3.8) is 0 Å². The van der Waals surface area contributed by atoms with E-state index >= 15 is 0 Å². The normalized spacial score (nSPS) is 10.9. The average molecular weight is 282 g/mol. The molecule has 104 valence electrons. The Morgan fingerprint density at radius 1 is 1.11 bits per heavy atom. The molecule has 0 fully saturated rings. The van der Waals surface area contributed by atoms with Gasteiger partial charge in [0, 0.05) is 4.75 Å². The number of esters is 2. The summed E-state index contributed by atoms with van der Waals surface area (Å²) < 4.78 is 9.33. The van der Waals surface area contributed by atoms with Gasteiger partial charge < -0.3 is 9.47 Å². The van der Waals surface area contributed by atoms with Crippen LogP contribution in [0.2, 0.25) is 0 Å². The predicted molar refractivity (Wildman–Crippen MR) is 74.9 cm³/mol. The highest BCUT2D eigenvalue weighted by atomic mass is 32.1. The Bertz CT molecular complexity index is 423. The molecule has 0 radical (unpaired) electrons. The van der Waals surface area contributed by atoms with E-state index in [4.69, 9.17) is 9.47 Å². The first-order valence-corrected chi connectivity index (χ1v) is 6.39. The molecule has 0 saturated carbocycles. The van der Waals surface area contributed by atoms with Gasteiger partial charge in [-0.05, 0) is 5.56 Å². The minimum Gasteiger partial charge on any atom is -0.458 e. The van der Waals surface area contributed by atoms with Crippen molar-refractivity contribution < 1.29 is 19.1 Å². The average Bonchev–Trinajstić information content (AvgIpc) is 2.33. The minimum absolute atomic E-state index is 0.141. The maximum atomic E-state index is 11.4. The fraction of sp³-hybridized carbons (Fsp3) is 0.429. The summed E-state index contributed by atoms with van der Waals surface area (Å²) in [6.45, 7) is 3.40. The van der Waals surface area contributed by atoms with E-state index in [1.807, 2.05) is 30.3 Å². The lowest BCUT2D eigenvalue weighted by atomic mass is 10.1. The van der Waals surface area contributed by atoms with E-state index in [9.17, 15) is 9.59 Å². The summed E-state index contributed by atoms with van der Waals surface area (Å²) in [6.07, 6.45) is 0.141. The van der Waals surface area contributed by atoms with Crippen LogP contribution in [0.15, 0.2) is 30.3 Å². The van der Waals surface area contributed by atoms with Crippen molar-refractivity contribution in [1.82, 2.24) is 0 Å². The van der Waals surface area contributed by atoms with Crippen molar-refractivity contribution in [2.45, 2.75) is 31.6 Å². The van der Waals surface area contributed by atoms with Gasteiger partial charge in [0.15, 0.2) is 6.61 Å². The second-order valence-electron chi connectivity index (χ2n) is 4.80. The third kappa shape index (κ3) is 7.51. The largest absolute Gasteiger partial charge is 0.458 e. The van der Waals surface area contributed by atoms with Crippen molar-refractivity contribution in [2.24, 2.45) is 0 Å². The lowest BCUT2D eigenvalue weighted by molar-refractivity contribution is -0.159. The van der Waals surface area contributed by atoms with Crippen LogP contribution in [0.5, 0.6) is 0 Å². The number of thiol groups is 1. The lowest BCUT2D eigenvalue weighted by Crippen LogP contribution is -2.22. The van der Waals surface area contributed by atoms with Gasteiger partial charge in [0.05, 0.1) is 6.42 Å². The van der Waals surface area contributed by atoms with Crippen molar-refractivity contribution in [3.05, 3.63) is 35.9 Å². The molecule has 1 aromatic rings.